The van der Waals surface area contributed by atoms with Gasteiger partial charge < -0.3 is 18.9 Å². The highest BCUT2D eigenvalue weighted by Gasteiger charge is 2.27. The van der Waals surface area contributed by atoms with Gasteiger partial charge in [-0.3, -0.25) is 0 Å². The standard InChI is InChI=1S/C28H16O6S4/c29-23-13-31-25-15-5-1-7-17(25)37-21-11-4-10-20-28(21)34-24(30)14-32-26-16(36-20)6-2-8-18(26)38-22-12-3-9-19(35-15)27(22)33-23/h1-12H,13-14H2. The molecule has 3 heterocycles. The van der Waals surface area contributed by atoms with Crippen LogP contribution >= 0.6 is 47.0 Å². The number of rotatable bonds is 0. The second-order valence-corrected chi connectivity index (χ2v) is 12.6. The van der Waals surface area contributed by atoms with Crippen LogP contribution < -0.4 is 18.9 Å². The van der Waals surface area contributed by atoms with Crippen LogP contribution in [0.25, 0.3) is 0 Å². The first kappa shape index (κ1) is 23.9. The fourth-order valence-corrected chi connectivity index (χ4v) is 8.54. The molecular formula is C28H16O6S4. The van der Waals surface area contributed by atoms with Crippen LogP contribution in [-0.4, -0.2) is 25.2 Å². The maximum absolute atomic E-state index is 12.9. The number of carbonyl (C=O) groups is 2. The molecule has 3 aliphatic heterocycles. The van der Waals surface area contributed by atoms with Crippen molar-refractivity contribution in [2.75, 3.05) is 13.2 Å². The second kappa shape index (κ2) is 9.85. The summed E-state index contributed by atoms with van der Waals surface area (Å²) >= 11 is 5.79. The average molecular weight is 577 g/mol. The molecule has 38 heavy (non-hydrogen) atoms. The predicted molar refractivity (Wildman–Crippen MR) is 145 cm³/mol. The lowest BCUT2D eigenvalue weighted by molar-refractivity contribution is -0.137. The number of hydrogen-bond acceptors (Lipinski definition) is 10. The largest absolute Gasteiger partial charge is 0.480 e. The third kappa shape index (κ3) is 4.41. The summed E-state index contributed by atoms with van der Waals surface area (Å²) in [6.45, 7) is -0.490. The minimum Gasteiger partial charge on any atom is -0.480 e. The zero-order chi connectivity index (χ0) is 25.6. The average Bonchev–Trinajstić information content (AvgIpc) is 3.02. The Labute approximate surface area is 234 Å². The maximum Gasteiger partial charge on any atom is 0.349 e. The van der Waals surface area contributed by atoms with E-state index in [-0.39, 0.29) is 13.2 Å². The molecule has 6 nitrogen and oxygen atoms in total. The summed E-state index contributed by atoms with van der Waals surface area (Å²) < 4.78 is 23.9. The molecule has 0 saturated heterocycles. The first-order chi connectivity index (χ1) is 18.6. The highest BCUT2D eigenvalue weighted by atomic mass is 32.2. The van der Waals surface area contributed by atoms with E-state index < -0.39 is 11.9 Å². The van der Waals surface area contributed by atoms with Crippen molar-refractivity contribution in [3.05, 3.63) is 72.8 Å². The molecule has 7 rings (SSSR count). The van der Waals surface area contributed by atoms with Crippen molar-refractivity contribution in [1.82, 2.24) is 0 Å². The van der Waals surface area contributed by atoms with Crippen LogP contribution in [0.15, 0.2) is 112 Å². The molecule has 12 bridgehead atoms. The van der Waals surface area contributed by atoms with E-state index in [1.165, 1.54) is 47.0 Å². The maximum atomic E-state index is 12.9. The molecule has 0 amide bonds. The number of benzene rings is 4. The lowest BCUT2D eigenvalue weighted by Crippen LogP contribution is -2.18. The van der Waals surface area contributed by atoms with Crippen molar-refractivity contribution in [1.29, 1.82) is 0 Å². The Morgan fingerprint density at radius 1 is 0.421 bits per heavy atom. The van der Waals surface area contributed by atoms with Gasteiger partial charge in [-0.15, -0.1) is 0 Å². The van der Waals surface area contributed by atoms with Gasteiger partial charge in [0.05, 0.1) is 39.2 Å². The van der Waals surface area contributed by atoms with Crippen LogP contribution in [0.3, 0.4) is 0 Å². The van der Waals surface area contributed by atoms with Crippen molar-refractivity contribution in [2.45, 2.75) is 39.2 Å². The summed E-state index contributed by atoms with van der Waals surface area (Å²) in [6.07, 6.45) is 0. The van der Waals surface area contributed by atoms with Crippen molar-refractivity contribution in [2.24, 2.45) is 0 Å². The monoisotopic (exact) mass is 576 g/mol. The molecule has 4 aromatic rings. The third-order valence-electron chi connectivity index (χ3n) is 5.75. The SMILES string of the molecule is O=C1COc2c3cccc2Sc2cccc4c2OC(=O)COc2c(cccc2Sc2cccc(c2O1)S3)S4. The van der Waals surface area contributed by atoms with Gasteiger partial charge in [0.1, 0.15) is 11.5 Å². The summed E-state index contributed by atoms with van der Waals surface area (Å²) in [5.41, 5.74) is 0. The van der Waals surface area contributed by atoms with Crippen LogP contribution in [0, 0.1) is 0 Å². The van der Waals surface area contributed by atoms with Gasteiger partial charge in [0.15, 0.2) is 24.7 Å². The fraction of sp³-hybridized carbons (Fsp3) is 0.0714. The topological polar surface area (TPSA) is 71.1 Å². The normalized spacial score (nSPS) is 15.7. The fourth-order valence-electron chi connectivity index (χ4n) is 4.13. The van der Waals surface area contributed by atoms with Gasteiger partial charge in [-0.05, 0) is 48.5 Å². The molecule has 0 fully saturated rings. The summed E-state index contributed by atoms with van der Waals surface area (Å²) in [7, 11) is 0. The first-order valence-corrected chi connectivity index (χ1v) is 14.8. The minimum absolute atomic E-state index is 0.245. The van der Waals surface area contributed by atoms with E-state index in [0.717, 1.165) is 39.2 Å². The van der Waals surface area contributed by atoms with Crippen molar-refractivity contribution >= 4 is 59.0 Å². The molecular weight excluding hydrogens is 561 g/mol. The molecule has 0 saturated carbocycles. The van der Waals surface area contributed by atoms with E-state index in [4.69, 9.17) is 18.9 Å². The van der Waals surface area contributed by atoms with Gasteiger partial charge in [0.25, 0.3) is 0 Å². The van der Waals surface area contributed by atoms with Crippen LogP contribution in [0.1, 0.15) is 0 Å². The van der Waals surface area contributed by atoms with Crippen molar-refractivity contribution in [3.8, 4) is 23.0 Å². The Morgan fingerprint density at radius 3 is 0.974 bits per heavy atom. The smallest absolute Gasteiger partial charge is 0.349 e. The van der Waals surface area contributed by atoms with E-state index in [1.807, 2.05) is 72.8 Å². The minimum atomic E-state index is -0.490. The zero-order valence-corrected chi connectivity index (χ0v) is 22.7. The molecule has 0 radical (unpaired) electrons. The van der Waals surface area contributed by atoms with Crippen LogP contribution in [-0.2, 0) is 9.59 Å². The molecule has 4 aromatic carbocycles. The van der Waals surface area contributed by atoms with Crippen LogP contribution in [0.4, 0.5) is 0 Å². The van der Waals surface area contributed by atoms with E-state index in [2.05, 4.69) is 0 Å². The quantitative estimate of drug-likeness (QED) is 0.140. The zero-order valence-electron chi connectivity index (χ0n) is 19.4. The number of carbonyl (C=O) groups excluding carboxylic acids is 2. The molecule has 3 aliphatic rings. The van der Waals surface area contributed by atoms with Crippen molar-refractivity contribution < 1.29 is 28.5 Å². The number of ether oxygens (including phenoxy) is 4. The van der Waals surface area contributed by atoms with E-state index in [1.54, 1.807) is 0 Å². The number of para-hydroxylation sites is 4. The molecule has 0 aromatic heterocycles. The molecule has 10 heteroatoms. The summed E-state index contributed by atoms with van der Waals surface area (Å²) in [6, 6.07) is 23.2. The molecule has 188 valence electrons. The summed E-state index contributed by atoms with van der Waals surface area (Å²) in [4.78, 5) is 32.2. The number of hydrogen-bond donors (Lipinski definition) is 0. The highest BCUT2D eigenvalue weighted by Crippen LogP contribution is 2.53. The Hall–Kier alpha value is -3.18. The predicted octanol–water partition coefficient (Wildman–Crippen LogP) is 7.20. The Bertz CT molecular complexity index is 1520. The lowest BCUT2D eigenvalue weighted by atomic mass is 10.3. The lowest BCUT2D eigenvalue weighted by Gasteiger charge is -2.17. The summed E-state index contributed by atoms with van der Waals surface area (Å²) in [5.74, 6) is 1.11. The molecule has 0 aliphatic carbocycles. The Kier molecular flexibility index (Phi) is 6.19. The van der Waals surface area contributed by atoms with Crippen LogP contribution in [0.2, 0.25) is 0 Å². The molecule has 0 spiro atoms. The van der Waals surface area contributed by atoms with Gasteiger partial charge in [0, 0.05) is 0 Å². The number of esters is 2. The van der Waals surface area contributed by atoms with E-state index in [9.17, 15) is 9.59 Å². The van der Waals surface area contributed by atoms with E-state index in [0.29, 0.717) is 23.0 Å². The molecule has 0 N–H and O–H groups in total. The Morgan fingerprint density at radius 2 is 0.684 bits per heavy atom. The van der Waals surface area contributed by atoms with E-state index >= 15 is 0 Å². The van der Waals surface area contributed by atoms with Gasteiger partial charge >= 0.3 is 11.9 Å². The molecule has 0 unspecified atom stereocenters. The second-order valence-electron chi connectivity index (χ2n) is 8.27. The third-order valence-corrected chi connectivity index (χ3v) is 10.1. The highest BCUT2D eigenvalue weighted by molar-refractivity contribution is 8.01. The Balaban J connectivity index is 1.53. The van der Waals surface area contributed by atoms with Gasteiger partial charge in [-0.1, -0.05) is 71.3 Å². The first-order valence-electron chi connectivity index (χ1n) is 11.5. The van der Waals surface area contributed by atoms with Gasteiger partial charge in [-0.2, -0.15) is 0 Å². The van der Waals surface area contributed by atoms with Crippen LogP contribution in [0.5, 0.6) is 23.0 Å². The van der Waals surface area contributed by atoms with Crippen molar-refractivity contribution in [3.63, 3.8) is 0 Å². The van der Waals surface area contributed by atoms with Gasteiger partial charge in [-0.25, -0.2) is 9.59 Å². The summed E-state index contributed by atoms with van der Waals surface area (Å²) in [5, 5.41) is 0. The molecule has 0 atom stereocenters. The van der Waals surface area contributed by atoms with Gasteiger partial charge in [0.2, 0.25) is 0 Å².